The molecule has 0 bridgehead atoms. The molecule has 2 rings (SSSR count). The number of fused-ring (bicyclic) bond motifs is 1. The van der Waals surface area contributed by atoms with Crippen molar-refractivity contribution >= 4 is 12.1 Å². The number of nitrogens with one attached hydrogen (secondary N) is 2. The number of ether oxygens (including phenoxy) is 1. The molecule has 0 spiro atoms. The van der Waals surface area contributed by atoms with E-state index in [0.29, 0.717) is 0 Å². The molecule has 1 atom stereocenters. The van der Waals surface area contributed by atoms with Crippen molar-refractivity contribution in [3.63, 3.8) is 0 Å². The van der Waals surface area contributed by atoms with Crippen molar-refractivity contribution < 1.29 is 14.3 Å². The number of imide groups is 1. The molecule has 0 aromatic carbocycles. The lowest BCUT2D eigenvalue weighted by atomic mass is 9.85. The molecule has 0 radical (unpaired) electrons. The predicted octanol–water partition coefficient (Wildman–Crippen LogP) is 0.398. The highest BCUT2D eigenvalue weighted by Gasteiger charge is 2.66. The lowest BCUT2D eigenvalue weighted by molar-refractivity contribution is -0.214. The summed E-state index contributed by atoms with van der Waals surface area (Å²) in [6.07, 6.45) is -0.674. The first kappa shape index (κ1) is 11.2. The molecule has 0 aliphatic carbocycles. The fourth-order valence-corrected chi connectivity index (χ4v) is 1.86. The number of hydrogen-bond donors (Lipinski definition) is 2. The molecule has 16 heavy (non-hydrogen) atoms. The first-order chi connectivity index (χ1) is 7.33. The number of hydrogen-bond acceptors (Lipinski definition) is 5. The zero-order chi connectivity index (χ0) is 12.1. The van der Waals surface area contributed by atoms with Crippen molar-refractivity contribution in [3.8, 4) is 0 Å². The maximum absolute atomic E-state index is 11.7. The van der Waals surface area contributed by atoms with Crippen molar-refractivity contribution in [1.82, 2.24) is 20.9 Å². The zero-order valence-corrected chi connectivity index (χ0v) is 9.83. The molecule has 2 fully saturated rings. The summed E-state index contributed by atoms with van der Waals surface area (Å²) in [6.45, 7) is 7.66. The Labute approximate surface area is 93.6 Å². The van der Waals surface area contributed by atoms with E-state index < -0.39 is 17.8 Å². The molecule has 2 N–H and O–H groups in total. The van der Waals surface area contributed by atoms with E-state index in [0.717, 1.165) is 5.01 Å². The topological polar surface area (TPSA) is 73.9 Å². The summed E-state index contributed by atoms with van der Waals surface area (Å²) >= 11 is 0. The number of urea groups is 1. The van der Waals surface area contributed by atoms with Gasteiger partial charge >= 0.3 is 12.1 Å². The molecule has 2 aliphatic heterocycles. The molecule has 0 saturated carbocycles. The van der Waals surface area contributed by atoms with Gasteiger partial charge in [0.15, 0.2) is 0 Å². The Bertz CT molecular complexity index is 357. The van der Waals surface area contributed by atoms with E-state index in [1.165, 1.54) is 5.12 Å². The first-order valence-corrected chi connectivity index (χ1v) is 5.20. The molecule has 0 aromatic heterocycles. The highest BCUT2D eigenvalue weighted by atomic mass is 16.6. The second-order valence-electron chi connectivity index (χ2n) is 4.56. The van der Waals surface area contributed by atoms with Crippen LogP contribution in [0.5, 0.6) is 0 Å². The molecule has 1 unspecified atom stereocenters. The Balaban J connectivity index is 2.20. The summed E-state index contributed by atoms with van der Waals surface area (Å²) in [5.41, 5.74) is 2.11. The van der Waals surface area contributed by atoms with Crippen LogP contribution in [0, 0.1) is 0 Å². The zero-order valence-electron chi connectivity index (χ0n) is 9.83. The van der Waals surface area contributed by atoms with Gasteiger partial charge in [0.05, 0.1) is 12.1 Å². The van der Waals surface area contributed by atoms with Crippen LogP contribution in [0.4, 0.5) is 9.59 Å². The second kappa shape index (κ2) is 3.08. The quantitative estimate of drug-likeness (QED) is 0.679. The number of amides is 3. The van der Waals surface area contributed by atoms with Gasteiger partial charge in [0.2, 0.25) is 0 Å². The monoisotopic (exact) mass is 228 g/mol. The molecule has 2 aliphatic rings. The number of carbonyl (C=O) groups excluding carboxylic acids is 2. The van der Waals surface area contributed by atoms with E-state index in [1.807, 2.05) is 20.8 Å². The summed E-state index contributed by atoms with van der Waals surface area (Å²) in [4.78, 5) is 23.2. The molecular formula is C9H16N4O3. The minimum atomic E-state index is -0.674. The normalized spacial score (nSPS) is 31.8. The number of carbonyl (C=O) groups is 2. The van der Waals surface area contributed by atoms with Gasteiger partial charge < -0.3 is 10.1 Å². The number of hydrazine groups is 2. The van der Waals surface area contributed by atoms with Crippen LogP contribution < -0.4 is 10.7 Å². The summed E-state index contributed by atoms with van der Waals surface area (Å²) in [5, 5.41) is 5.16. The van der Waals surface area contributed by atoms with Crippen LogP contribution in [0.3, 0.4) is 0 Å². The van der Waals surface area contributed by atoms with Crippen LogP contribution in [0.2, 0.25) is 0 Å². The van der Waals surface area contributed by atoms with Gasteiger partial charge in [-0.3, -0.25) is 0 Å². The average molecular weight is 228 g/mol. The van der Waals surface area contributed by atoms with Crippen LogP contribution in [-0.4, -0.2) is 40.1 Å². The van der Waals surface area contributed by atoms with E-state index in [1.54, 1.807) is 6.92 Å². The van der Waals surface area contributed by atoms with E-state index in [2.05, 4.69) is 10.7 Å². The van der Waals surface area contributed by atoms with Gasteiger partial charge in [-0.25, -0.2) is 15.0 Å². The van der Waals surface area contributed by atoms with E-state index >= 15 is 0 Å². The van der Waals surface area contributed by atoms with E-state index in [9.17, 15) is 9.59 Å². The molecule has 90 valence electrons. The Hall–Kier alpha value is -1.34. The van der Waals surface area contributed by atoms with Crippen molar-refractivity contribution in [2.45, 2.75) is 38.9 Å². The maximum Gasteiger partial charge on any atom is 0.434 e. The van der Waals surface area contributed by atoms with Crippen molar-refractivity contribution in [1.29, 1.82) is 0 Å². The largest absolute Gasteiger partial charge is 0.448 e. The molecule has 2 heterocycles. The Kier molecular flexibility index (Phi) is 2.15. The summed E-state index contributed by atoms with van der Waals surface area (Å²) in [7, 11) is 0. The second-order valence-corrected chi connectivity index (χ2v) is 4.56. The maximum atomic E-state index is 11.7. The highest BCUT2D eigenvalue weighted by Crippen LogP contribution is 2.39. The summed E-state index contributed by atoms with van der Waals surface area (Å²) in [5.74, 6) is 0. The van der Waals surface area contributed by atoms with Gasteiger partial charge in [0.1, 0.15) is 5.66 Å². The summed E-state index contributed by atoms with van der Waals surface area (Å²) in [6, 6.07) is -0.473. The van der Waals surface area contributed by atoms with Gasteiger partial charge in [0.25, 0.3) is 0 Å². The SMILES string of the molecule is CCOC(=O)N1C(=O)NC2(C)N1NC2(C)C. The smallest absolute Gasteiger partial charge is 0.434 e. The third-order valence-electron chi connectivity index (χ3n) is 3.21. The molecule has 0 aromatic rings. The highest BCUT2D eigenvalue weighted by molar-refractivity contribution is 5.92. The van der Waals surface area contributed by atoms with Crippen LogP contribution in [0.15, 0.2) is 0 Å². The minimum absolute atomic E-state index is 0.233. The Morgan fingerprint density at radius 3 is 2.50 bits per heavy atom. The minimum Gasteiger partial charge on any atom is -0.448 e. The van der Waals surface area contributed by atoms with E-state index in [4.69, 9.17) is 4.74 Å². The van der Waals surface area contributed by atoms with Crippen LogP contribution >= 0.6 is 0 Å². The van der Waals surface area contributed by atoms with Gasteiger partial charge in [-0.15, -0.1) is 10.1 Å². The van der Waals surface area contributed by atoms with Gasteiger partial charge in [-0.2, -0.15) is 0 Å². The molecule has 7 nitrogen and oxygen atoms in total. The molecule has 3 amide bonds. The Morgan fingerprint density at radius 2 is 2.06 bits per heavy atom. The molecular weight excluding hydrogens is 212 g/mol. The fourth-order valence-electron chi connectivity index (χ4n) is 1.86. The van der Waals surface area contributed by atoms with E-state index in [-0.39, 0.29) is 12.1 Å². The van der Waals surface area contributed by atoms with Crippen LogP contribution in [0.1, 0.15) is 27.7 Å². The fraction of sp³-hybridized carbons (Fsp3) is 0.778. The lowest BCUT2D eigenvalue weighted by Crippen LogP contribution is -2.85. The van der Waals surface area contributed by atoms with Crippen LogP contribution in [-0.2, 0) is 4.74 Å². The molecule has 2 saturated heterocycles. The van der Waals surface area contributed by atoms with Gasteiger partial charge in [0, 0.05) is 0 Å². The van der Waals surface area contributed by atoms with Crippen LogP contribution in [0.25, 0.3) is 0 Å². The standard InChI is InChI=1S/C9H16N4O3/c1-5-16-7(15)12-6(14)10-9(4)8(2,3)11-13(9)12/h11H,5H2,1-4H3,(H,10,14). The summed E-state index contributed by atoms with van der Waals surface area (Å²) < 4.78 is 4.81. The van der Waals surface area contributed by atoms with Crippen molar-refractivity contribution in [2.24, 2.45) is 0 Å². The van der Waals surface area contributed by atoms with Crippen molar-refractivity contribution in [2.75, 3.05) is 6.61 Å². The third-order valence-corrected chi connectivity index (χ3v) is 3.21. The van der Waals surface area contributed by atoms with Crippen molar-refractivity contribution in [3.05, 3.63) is 0 Å². The lowest BCUT2D eigenvalue weighted by Gasteiger charge is -2.58. The third kappa shape index (κ3) is 1.15. The number of nitrogens with zero attached hydrogens (tertiary/aromatic N) is 2. The first-order valence-electron chi connectivity index (χ1n) is 5.20. The Morgan fingerprint density at radius 1 is 1.44 bits per heavy atom. The molecule has 7 heteroatoms. The van der Waals surface area contributed by atoms with Gasteiger partial charge in [-0.1, -0.05) is 0 Å². The van der Waals surface area contributed by atoms with Gasteiger partial charge in [-0.05, 0) is 27.7 Å². The predicted molar refractivity (Wildman–Crippen MR) is 54.9 cm³/mol. The average Bonchev–Trinajstić information content (AvgIpc) is 2.37. The number of rotatable bonds is 1.